The van der Waals surface area contributed by atoms with Crippen LogP contribution in [0.25, 0.3) is 0 Å². The summed E-state index contributed by atoms with van der Waals surface area (Å²) in [5.74, 6) is -0.421. The zero-order chi connectivity index (χ0) is 28.6. The van der Waals surface area contributed by atoms with Crippen LogP contribution in [0.1, 0.15) is 55.1 Å². The molecule has 0 aromatic heterocycles. The summed E-state index contributed by atoms with van der Waals surface area (Å²) in [5.41, 5.74) is 10.4. The lowest BCUT2D eigenvalue weighted by Crippen LogP contribution is -2.22. The quantitative estimate of drug-likeness (QED) is 0.203. The minimum absolute atomic E-state index is 0.176. The molecule has 8 heteroatoms. The largest absolute Gasteiger partial charge is 0.466 e. The molecular weight excluding hydrogens is 510 g/mol. The number of methoxy groups -OCH3 is 1. The van der Waals surface area contributed by atoms with E-state index in [2.05, 4.69) is 16.5 Å². The van der Waals surface area contributed by atoms with Gasteiger partial charge in [-0.05, 0) is 48.9 Å². The molecule has 0 saturated heterocycles. The topological polar surface area (TPSA) is 103 Å². The van der Waals surface area contributed by atoms with Crippen LogP contribution in [-0.2, 0) is 20.8 Å². The van der Waals surface area contributed by atoms with E-state index in [9.17, 15) is 9.59 Å². The van der Waals surface area contributed by atoms with Gasteiger partial charge in [0.1, 0.15) is 6.11 Å². The van der Waals surface area contributed by atoms with Gasteiger partial charge in [-0.3, -0.25) is 14.6 Å². The molecule has 0 unspecified atom stereocenters. The number of carbonyl (C=O) groups is 2. The summed E-state index contributed by atoms with van der Waals surface area (Å²) in [7, 11) is 1.44. The number of terminal acetylenes is 1. The molecule has 39 heavy (non-hydrogen) atoms. The Hall–Kier alpha value is -4.22. The van der Waals surface area contributed by atoms with Crippen LogP contribution in [0, 0.1) is 12.5 Å². The first-order valence-corrected chi connectivity index (χ1v) is 13.5. The maximum atomic E-state index is 12.8. The molecular formula is C31H35N3O4S. The highest BCUT2D eigenvalue weighted by Crippen LogP contribution is 2.41. The van der Waals surface area contributed by atoms with Crippen LogP contribution in [0.3, 0.4) is 0 Å². The van der Waals surface area contributed by atoms with Crippen molar-refractivity contribution in [3.63, 3.8) is 0 Å². The van der Waals surface area contributed by atoms with E-state index in [-0.39, 0.29) is 18.3 Å². The zero-order valence-electron chi connectivity index (χ0n) is 22.8. The summed E-state index contributed by atoms with van der Waals surface area (Å²) in [5, 5.41) is 2.94. The molecule has 0 atom stereocenters. The predicted molar refractivity (Wildman–Crippen MR) is 158 cm³/mol. The number of aliphatic imine (C=N–C) groups is 1. The van der Waals surface area contributed by atoms with Gasteiger partial charge in [0.15, 0.2) is 0 Å². The summed E-state index contributed by atoms with van der Waals surface area (Å²) < 4.78 is 9.15. The first kappa shape index (κ1) is 31.0. The smallest absolute Gasteiger partial charge is 0.306 e. The third kappa shape index (κ3) is 9.55. The second-order valence-electron chi connectivity index (χ2n) is 7.89. The summed E-state index contributed by atoms with van der Waals surface area (Å²) in [4.78, 5) is 31.6. The molecule has 3 N–H and O–H groups in total. The van der Waals surface area contributed by atoms with E-state index in [0.29, 0.717) is 30.8 Å². The third-order valence-corrected chi connectivity index (χ3v) is 6.46. The number of hydrogen-bond acceptors (Lipinski definition) is 7. The van der Waals surface area contributed by atoms with Crippen LogP contribution < -0.4 is 11.1 Å². The van der Waals surface area contributed by atoms with Gasteiger partial charge in [0.05, 0.1) is 31.5 Å². The van der Waals surface area contributed by atoms with Gasteiger partial charge in [-0.1, -0.05) is 62.4 Å². The maximum Gasteiger partial charge on any atom is 0.306 e. The van der Waals surface area contributed by atoms with Gasteiger partial charge in [0.25, 0.3) is 5.91 Å². The van der Waals surface area contributed by atoms with Crippen LogP contribution in [0.2, 0.25) is 0 Å². The molecule has 0 saturated carbocycles. The molecule has 1 aliphatic rings. The number of anilines is 1. The number of hydrogen-bond donors (Lipinski definition) is 2. The Kier molecular flexibility index (Phi) is 13.2. The number of carbonyl (C=O) groups excluding carboxylic acids is 2. The van der Waals surface area contributed by atoms with Crippen LogP contribution in [-0.4, -0.2) is 31.3 Å². The van der Waals surface area contributed by atoms with E-state index >= 15 is 0 Å². The highest BCUT2D eigenvalue weighted by molar-refractivity contribution is 7.99. The number of nitrogen functional groups attached to an aromatic ring is 1. The van der Waals surface area contributed by atoms with Crippen LogP contribution in [0.5, 0.6) is 0 Å². The minimum Gasteiger partial charge on any atom is -0.466 e. The fourth-order valence-corrected chi connectivity index (χ4v) is 4.54. The number of esters is 1. The van der Waals surface area contributed by atoms with E-state index < -0.39 is 0 Å². The molecule has 0 spiro atoms. The van der Waals surface area contributed by atoms with Crippen molar-refractivity contribution in [3.05, 3.63) is 83.4 Å². The van der Waals surface area contributed by atoms with Crippen LogP contribution in [0.15, 0.2) is 81.5 Å². The van der Waals surface area contributed by atoms with Crippen molar-refractivity contribution in [2.75, 3.05) is 19.5 Å². The van der Waals surface area contributed by atoms with Crippen molar-refractivity contribution in [3.8, 4) is 12.5 Å². The number of ether oxygens (including phenoxy) is 2. The number of nitrogens with zero attached hydrogens (tertiary/aromatic N) is 1. The molecule has 204 valence electrons. The van der Waals surface area contributed by atoms with Gasteiger partial charge in [-0.15, -0.1) is 0 Å². The minimum atomic E-state index is -0.245. The van der Waals surface area contributed by atoms with E-state index in [4.69, 9.17) is 15.5 Å². The Bertz CT molecular complexity index is 1310. The lowest BCUT2D eigenvalue weighted by Gasteiger charge is -2.08. The van der Waals surface area contributed by atoms with Crippen molar-refractivity contribution < 1.29 is 19.1 Å². The van der Waals surface area contributed by atoms with E-state index in [1.807, 2.05) is 80.6 Å². The second-order valence-corrected chi connectivity index (χ2v) is 8.97. The van der Waals surface area contributed by atoms with Gasteiger partial charge in [0, 0.05) is 39.6 Å². The van der Waals surface area contributed by atoms with Crippen LogP contribution >= 0.6 is 11.8 Å². The number of nitrogens with two attached hydrogens (primary N) is 1. The highest BCUT2D eigenvalue weighted by Gasteiger charge is 2.19. The zero-order valence-corrected chi connectivity index (χ0v) is 23.6. The predicted octanol–water partition coefficient (Wildman–Crippen LogP) is 6.38. The molecule has 0 fully saturated rings. The number of fused-ring (bicyclic) bond motifs is 2. The maximum absolute atomic E-state index is 12.8. The molecule has 0 radical (unpaired) electrons. The number of amides is 1. The summed E-state index contributed by atoms with van der Waals surface area (Å²) >= 11 is 1.61. The van der Waals surface area contributed by atoms with E-state index in [1.54, 1.807) is 24.8 Å². The lowest BCUT2D eigenvalue weighted by molar-refractivity contribution is -0.142. The average molecular weight is 546 g/mol. The Morgan fingerprint density at radius 2 is 1.74 bits per heavy atom. The van der Waals surface area contributed by atoms with Gasteiger partial charge >= 0.3 is 5.97 Å². The molecule has 1 amide bonds. The van der Waals surface area contributed by atoms with Gasteiger partial charge < -0.3 is 20.5 Å². The van der Waals surface area contributed by atoms with Crippen molar-refractivity contribution in [1.29, 1.82) is 0 Å². The molecule has 0 bridgehead atoms. The molecule has 1 heterocycles. The first-order chi connectivity index (χ1) is 18.9. The van der Waals surface area contributed by atoms with E-state index in [0.717, 1.165) is 32.3 Å². The fraction of sp³-hybridized carbons (Fsp3) is 0.258. The van der Waals surface area contributed by atoms with Crippen LogP contribution in [0.4, 0.5) is 11.4 Å². The molecule has 3 aromatic rings. The normalized spacial score (nSPS) is 10.8. The second kappa shape index (κ2) is 16.6. The molecule has 4 rings (SSSR count). The van der Waals surface area contributed by atoms with Gasteiger partial charge in [-0.2, -0.15) is 0 Å². The summed E-state index contributed by atoms with van der Waals surface area (Å²) in [6.07, 6.45) is 7.20. The molecule has 7 nitrogen and oxygen atoms in total. The SMILES string of the molecule is C#COC.CC.CCOC(=O)CCC1=Nc2cc(C(=O)NCc3ccc(N)cc3)ccc2Sc2ccccc21. The molecule has 3 aromatic carbocycles. The molecule has 1 aliphatic heterocycles. The number of rotatable bonds is 7. The Labute approximate surface area is 235 Å². The molecule has 0 aliphatic carbocycles. The lowest BCUT2D eigenvalue weighted by atomic mass is 10.1. The Morgan fingerprint density at radius 1 is 1.05 bits per heavy atom. The Morgan fingerprint density at radius 3 is 2.41 bits per heavy atom. The van der Waals surface area contributed by atoms with E-state index in [1.165, 1.54) is 7.11 Å². The highest BCUT2D eigenvalue weighted by atomic mass is 32.2. The average Bonchev–Trinajstić information content (AvgIpc) is 3.13. The fourth-order valence-electron chi connectivity index (χ4n) is 3.51. The first-order valence-electron chi connectivity index (χ1n) is 12.7. The van der Waals surface area contributed by atoms with Crippen molar-refractivity contribution >= 4 is 40.7 Å². The van der Waals surface area contributed by atoms with Gasteiger partial charge in [0.2, 0.25) is 0 Å². The number of benzene rings is 3. The van der Waals surface area contributed by atoms with Crippen molar-refractivity contribution in [2.24, 2.45) is 4.99 Å². The monoisotopic (exact) mass is 545 g/mol. The van der Waals surface area contributed by atoms with Crippen molar-refractivity contribution in [2.45, 2.75) is 49.9 Å². The summed E-state index contributed by atoms with van der Waals surface area (Å²) in [6.45, 7) is 6.56. The summed E-state index contributed by atoms with van der Waals surface area (Å²) in [6, 6.07) is 20.9. The standard InChI is InChI=1S/C26H25N3O3S.C3H4O.C2H6/c1-2-32-25(30)14-12-21-20-5-3-4-6-23(20)33-24-13-9-18(15-22(24)29-21)26(31)28-16-17-7-10-19(27)11-8-17;1-3-4-2;1-2/h3-11,13,15H,2,12,14,16,27H2,1H3,(H,28,31);1H,2H3;1-2H3. The third-order valence-electron chi connectivity index (χ3n) is 5.32. The Balaban J connectivity index is 0.000000815. The number of nitrogens with one attached hydrogen (secondary N) is 1. The van der Waals surface area contributed by atoms with Crippen molar-refractivity contribution in [1.82, 2.24) is 5.32 Å². The van der Waals surface area contributed by atoms with Gasteiger partial charge in [-0.25, -0.2) is 0 Å².